The van der Waals surface area contributed by atoms with Crippen molar-refractivity contribution in [2.45, 2.75) is 70.1 Å². The summed E-state index contributed by atoms with van der Waals surface area (Å²) in [5, 5.41) is 6.60. The molecule has 2 aliphatic rings. The van der Waals surface area contributed by atoms with Crippen LogP contribution in [0.1, 0.15) is 51.9 Å². The molecule has 0 unspecified atom stereocenters. The van der Waals surface area contributed by atoms with Crippen LogP contribution in [0.15, 0.2) is 0 Å². The fourth-order valence-corrected chi connectivity index (χ4v) is 3.09. The van der Waals surface area contributed by atoms with Gasteiger partial charge in [0.05, 0.1) is 6.10 Å². The first-order valence-corrected chi connectivity index (χ1v) is 8.50. The second kappa shape index (κ2) is 9.38. The van der Waals surface area contributed by atoms with E-state index in [9.17, 15) is 4.79 Å². The fourth-order valence-electron chi connectivity index (χ4n) is 3.09. The summed E-state index contributed by atoms with van der Waals surface area (Å²) in [4.78, 5) is 11.9. The molecule has 0 aromatic heterocycles. The molecule has 1 aliphatic heterocycles. The number of hydrogen-bond acceptors (Lipinski definition) is 4. The first-order chi connectivity index (χ1) is 10.3. The monoisotopic (exact) mass is 298 g/mol. The highest BCUT2D eigenvalue weighted by molar-refractivity contribution is 5.77. The molecule has 1 heterocycles. The summed E-state index contributed by atoms with van der Waals surface area (Å²) in [5.74, 6) is 0.0214. The van der Waals surface area contributed by atoms with E-state index in [-0.39, 0.29) is 24.7 Å². The van der Waals surface area contributed by atoms with Gasteiger partial charge in [-0.2, -0.15) is 0 Å². The van der Waals surface area contributed by atoms with Crippen molar-refractivity contribution < 1.29 is 14.3 Å². The van der Waals surface area contributed by atoms with Gasteiger partial charge in [-0.15, -0.1) is 0 Å². The number of amides is 1. The van der Waals surface area contributed by atoms with Gasteiger partial charge >= 0.3 is 0 Å². The van der Waals surface area contributed by atoms with Gasteiger partial charge in [-0.25, -0.2) is 0 Å². The van der Waals surface area contributed by atoms with E-state index in [0.717, 1.165) is 58.3 Å². The molecule has 2 fully saturated rings. The first kappa shape index (κ1) is 16.7. The summed E-state index contributed by atoms with van der Waals surface area (Å²) in [5.41, 5.74) is 0. The van der Waals surface area contributed by atoms with E-state index < -0.39 is 0 Å². The molecule has 5 heteroatoms. The fraction of sp³-hybridized carbons (Fsp3) is 0.938. The minimum absolute atomic E-state index is 0.0214. The van der Waals surface area contributed by atoms with Crippen LogP contribution in [-0.4, -0.2) is 50.5 Å². The maximum absolute atomic E-state index is 11.9. The zero-order chi connectivity index (χ0) is 14.9. The standard InChI is InChI=1S/C16H30N2O3/c1-2-9-17-13-3-5-15(6-4-13)21-12-16(19)18-14-7-10-20-11-8-14/h13-15,17H,2-12H2,1H3,(H,18,19). The molecule has 0 aromatic rings. The summed E-state index contributed by atoms with van der Waals surface area (Å²) >= 11 is 0. The third kappa shape index (κ3) is 6.32. The molecular formula is C16H30N2O3. The lowest BCUT2D eigenvalue weighted by Gasteiger charge is -2.29. The topological polar surface area (TPSA) is 59.6 Å². The third-order valence-electron chi connectivity index (χ3n) is 4.39. The van der Waals surface area contributed by atoms with Crippen LogP contribution in [0.3, 0.4) is 0 Å². The molecule has 21 heavy (non-hydrogen) atoms. The third-order valence-corrected chi connectivity index (χ3v) is 4.39. The van der Waals surface area contributed by atoms with Crippen molar-refractivity contribution in [2.75, 3.05) is 26.4 Å². The van der Waals surface area contributed by atoms with Gasteiger partial charge in [-0.3, -0.25) is 4.79 Å². The van der Waals surface area contributed by atoms with Crippen LogP contribution in [0, 0.1) is 0 Å². The molecular weight excluding hydrogens is 268 g/mol. The quantitative estimate of drug-likeness (QED) is 0.750. The molecule has 0 aromatic carbocycles. The number of carbonyl (C=O) groups is 1. The van der Waals surface area contributed by atoms with Crippen molar-refractivity contribution in [2.24, 2.45) is 0 Å². The van der Waals surface area contributed by atoms with Crippen LogP contribution in [0.2, 0.25) is 0 Å². The Bertz CT molecular complexity index is 298. The summed E-state index contributed by atoms with van der Waals surface area (Å²) in [6.45, 7) is 5.00. The Kier molecular flexibility index (Phi) is 7.47. The van der Waals surface area contributed by atoms with Gasteiger partial charge in [0.1, 0.15) is 6.61 Å². The van der Waals surface area contributed by atoms with Crippen molar-refractivity contribution in [3.8, 4) is 0 Å². The Hall–Kier alpha value is -0.650. The largest absolute Gasteiger partial charge is 0.381 e. The first-order valence-electron chi connectivity index (χ1n) is 8.50. The SMILES string of the molecule is CCCNC1CCC(OCC(=O)NC2CCOCC2)CC1. The van der Waals surface area contributed by atoms with Crippen molar-refractivity contribution in [1.29, 1.82) is 0 Å². The highest BCUT2D eigenvalue weighted by Gasteiger charge is 2.22. The molecule has 5 nitrogen and oxygen atoms in total. The van der Waals surface area contributed by atoms with Gasteiger partial charge in [0.2, 0.25) is 5.91 Å². The van der Waals surface area contributed by atoms with Crippen molar-refractivity contribution in [3.05, 3.63) is 0 Å². The average Bonchev–Trinajstić information content (AvgIpc) is 2.53. The van der Waals surface area contributed by atoms with E-state index >= 15 is 0 Å². The highest BCUT2D eigenvalue weighted by Crippen LogP contribution is 2.21. The molecule has 1 amide bonds. The molecule has 0 bridgehead atoms. The van der Waals surface area contributed by atoms with E-state index in [1.165, 1.54) is 6.42 Å². The van der Waals surface area contributed by atoms with Crippen molar-refractivity contribution >= 4 is 5.91 Å². The Morgan fingerprint density at radius 1 is 1.10 bits per heavy atom. The predicted molar refractivity (Wildman–Crippen MR) is 82.3 cm³/mol. The molecule has 1 saturated heterocycles. The van der Waals surface area contributed by atoms with Gasteiger partial charge in [-0.05, 0) is 51.5 Å². The van der Waals surface area contributed by atoms with E-state index in [4.69, 9.17) is 9.47 Å². The van der Waals surface area contributed by atoms with Crippen molar-refractivity contribution in [1.82, 2.24) is 10.6 Å². The second-order valence-corrected chi connectivity index (χ2v) is 6.19. The van der Waals surface area contributed by atoms with Gasteiger partial charge in [-0.1, -0.05) is 6.92 Å². The maximum atomic E-state index is 11.9. The van der Waals surface area contributed by atoms with E-state index in [2.05, 4.69) is 17.6 Å². The van der Waals surface area contributed by atoms with Gasteiger partial charge in [0.25, 0.3) is 0 Å². The normalized spacial score (nSPS) is 27.5. The Morgan fingerprint density at radius 2 is 1.81 bits per heavy atom. The Morgan fingerprint density at radius 3 is 2.48 bits per heavy atom. The molecule has 2 rings (SSSR count). The number of hydrogen-bond donors (Lipinski definition) is 2. The maximum Gasteiger partial charge on any atom is 0.246 e. The second-order valence-electron chi connectivity index (χ2n) is 6.19. The van der Waals surface area contributed by atoms with Crippen LogP contribution in [0.5, 0.6) is 0 Å². The minimum atomic E-state index is 0.0214. The lowest BCUT2D eigenvalue weighted by Crippen LogP contribution is -2.42. The molecule has 122 valence electrons. The Balaban J connectivity index is 1.55. The highest BCUT2D eigenvalue weighted by atomic mass is 16.5. The Labute approximate surface area is 128 Å². The summed E-state index contributed by atoms with van der Waals surface area (Å²) in [7, 11) is 0. The zero-order valence-electron chi connectivity index (χ0n) is 13.2. The number of ether oxygens (including phenoxy) is 2. The number of carbonyl (C=O) groups excluding carboxylic acids is 1. The summed E-state index contributed by atoms with van der Waals surface area (Å²) < 4.78 is 11.1. The van der Waals surface area contributed by atoms with Crippen molar-refractivity contribution in [3.63, 3.8) is 0 Å². The van der Waals surface area contributed by atoms with Crippen LogP contribution >= 0.6 is 0 Å². The lowest BCUT2D eigenvalue weighted by atomic mass is 9.93. The lowest BCUT2D eigenvalue weighted by molar-refractivity contribution is -0.129. The average molecular weight is 298 g/mol. The van der Waals surface area contributed by atoms with E-state index in [1.807, 2.05) is 0 Å². The van der Waals surface area contributed by atoms with E-state index in [1.54, 1.807) is 0 Å². The molecule has 0 spiro atoms. The van der Waals surface area contributed by atoms with Crippen LogP contribution in [-0.2, 0) is 14.3 Å². The van der Waals surface area contributed by atoms with Crippen LogP contribution in [0.4, 0.5) is 0 Å². The summed E-state index contributed by atoms with van der Waals surface area (Å²) in [6.07, 6.45) is 7.71. The zero-order valence-corrected chi connectivity index (χ0v) is 13.2. The van der Waals surface area contributed by atoms with Gasteiger partial charge in [0, 0.05) is 25.3 Å². The van der Waals surface area contributed by atoms with E-state index in [0.29, 0.717) is 6.04 Å². The molecule has 1 saturated carbocycles. The number of nitrogens with one attached hydrogen (secondary N) is 2. The molecule has 1 aliphatic carbocycles. The van der Waals surface area contributed by atoms with Gasteiger partial charge in [0.15, 0.2) is 0 Å². The predicted octanol–water partition coefficient (Wildman–Crippen LogP) is 1.61. The number of rotatable bonds is 7. The van der Waals surface area contributed by atoms with Crippen LogP contribution in [0.25, 0.3) is 0 Å². The van der Waals surface area contributed by atoms with Gasteiger partial charge < -0.3 is 20.1 Å². The smallest absolute Gasteiger partial charge is 0.246 e. The molecule has 0 atom stereocenters. The van der Waals surface area contributed by atoms with Crippen LogP contribution < -0.4 is 10.6 Å². The minimum Gasteiger partial charge on any atom is -0.381 e. The molecule has 0 radical (unpaired) electrons. The summed E-state index contributed by atoms with van der Waals surface area (Å²) in [6, 6.07) is 0.907. The molecule has 2 N–H and O–H groups in total.